The molecule has 0 spiro atoms. The molecule has 2 aliphatic rings. The van der Waals surface area contributed by atoms with Gasteiger partial charge < -0.3 is 9.80 Å². The number of benzene rings is 3. The molecule has 4 aromatic rings. The van der Waals surface area contributed by atoms with Crippen molar-refractivity contribution in [2.75, 3.05) is 24.5 Å². The Balaban J connectivity index is 1.23. The third kappa shape index (κ3) is 4.36. The third-order valence-corrected chi connectivity index (χ3v) is 8.15. The van der Waals surface area contributed by atoms with E-state index in [9.17, 15) is 0 Å². The number of likely N-dealkylation sites (tertiary alicyclic amines) is 1. The third-order valence-electron chi connectivity index (χ3n) is 7.04. The van der Waals surface area contributed by atoms with Crippen molar-refractivity contribution in [2.45, 2.75) is 35.1 Å². The fraction of sp³-hybridized carbons (Fsp3) is 0.233. The highest BCUT2D eigenvalue weighted by molar-refractivity contribution is 7.99. The summed E-state index contributed by atoms with van der Waals surface area (Å²) in [5, 5.41) is 0. The van der Waals surface area contributed by atoms with Gasteiger partial charge in [0.1, 0.15) is 0 Å². The van der Waals surface area contributed by atoms with Crippen molar-refractivity contribution in [3.8, 4) is 11.1 Å². The summed E-state index contributed by atoms with van der Waals surface area (Å²) < 4.78 is 0. The molecule has 170 valence electrons. The van der Waals surface area contributed by atoms with Crippen molar-refractivity contribution in [3.63, 3.8) is 0 Å². The first-order valence-electron chi connectivity index (χ1n) is 12.2. The zero-order valence-corrected chi connectivity index (χ0v) is 20.1. The first kappa shape index (κ1) is 21.5. The Morgan fingerprint density at radius 2 is 1.56 bits per heavy atom. The van der Waals surface area contributed by atoms with Gasteiger partial charge in [0, 0.05) is 53.4 Å². The summed E-state index contributed by atoms with van der Waals surface area (Å²) in [5.41, 5.74) is 6.54. The molecular formula is C30H29N3S. The minimum atomic E-state index is 0.526. The van der Waals surface area contributed by atoms with Gasteiger partial charge in [-0.3, -0.25) is 4.98 Å². The maximum Gasteiger partial charge on any atom is 0.0555 e. The average Bonchev–Trinajstić information content (AvgIpc) is 2.92. The van der Waals surface area contributed by atoms with E-state index in [2.05, 4.69) is 93.6 Å². The van der Waals surface area contributed by atoms with E-state index < -0.39 is 0 Å². The molecule has 1 fully saturated rings. The highest BCUT2D eigenvalue weighted by Gasteiger charge is 2.31. The largest absolute Gasteiger partial charge is 0.336 e. The molecule has 4 heteroatoms. The molecule has 2 aliphatic heterocycles. The Hall–Kier alpha value is -3.08. The number of rotatable bonds is 5. The Morgan fingerprint density at radius 1 is 0.765 bits per heavy atom. The van der Waals surface area contributed by atoms with Crippen molar-refractivity contribution < 1.29 is 0 Å². The van der Waals surface area contributed by atoms with Crippen LogP contribution >= 0.6 is 11.8 Å². The number of hydrogen-bond donors (Lipinski definition) is 0. The predicted octanol–water partition coefficient (Wildman–Crippen LogP) is 7.06. The lowest BCUT2D eigenvalue weighted by Crippen LogP contribution is -2.44. The van der Waals surface area contributed by atoms with E-state index in [1.165, 1.54) is 50.7 Å². The number of fused-ring (bicyclic) bond motifs is 2. The molecule has 6 rings (SSSR count). The molecule has 0 bridgehead atoms. The molecule has 3 nitrogen and oxygen atoms in total. The molecule has 0 amide bonds. The molecule has 0 unspecified atom stereocenters. The van der Waals surface area contributed by atoms with Gasteiger partial charge in [-0.1, -0.05) is 66.4 Å². The molecule has 1 saturated heterocycles. The standard InChI is InChI=1S/C30H29N3S/c1-2-7-23(8-3-1)14-18-32-19-15-26(16-20-32)33-27-10-4-5-11-29(27)34-30-21-24(12-13-28(30)33)25-9-6-17-31-22-25/h1-13,17,21-22,26H,14-16,18-20H2. The predicted molar refractivity (Wildman–Crippen MR) is 142 cm³/mol. The van der Waals surface area contributed by atoms with Gasteiger partial charge in [0.2, 0.25) is 0 Å². The van der Waals surface area contributed by atoms with Gasteiger partial charge in [-0.2, -0.15) is 0 Å². The quantitative estimate of drug-likeness (QED) is 0.315. The second kappa shape index (κ2) is 9.65. The van der Waals surface area contributed by atoms with Gasteiger partial charge in [0.15, 0.2) is 0 Å². The second-order valence-electron chi connectivity index (χ2n) is 9.17. The van der Waals surface area contributed by atoms with E-state index in [-0.39, 0.29) is 0 Å². The minimum Gasteiger partial charge on any atom is -0.336 e. The summed E-state index contributed by atoms with van der Waals surface area (Å²) in [6.45, 7) is 3.47. The number of aromatic nitrogens is 1. The van der Waals surface area contributed by atoms with Crippen LogP contribution in [-0.2, 0) is 6.42 Å². The highest BCUT2D eigenvalue weighted by atomic mass is 32.2. The van der Waals surface area contributed by atoms with Crippen molar-refractivity contribution in [1.82, 2.24) is 9.88 Å². The van der Waals surface area contributed by atoms with Gasteiger partial charge in [-0.05, 0) is 60.7 Å². The van der Waals surface area contributed by atoms with Gasteiger partial charge in [-0.15, -0.1) is 0 Å². The average molecular weight is 464 g/mol. The molecule has 0 aliphatic carbocycles. The zero-order valence-electron chi connectivity index (χ0n) is 19.3. The summed E-state index contributed by atoms with van der Waals surface area (Å²) in [4.78, 5) is 12.3. The molecule has 0 N–H and O–H groups in total. The number of anilines is 2. The van der Waals surface area contributed by atoms with Crippen LogP contribution in [0.1, 0.15) is 18.4 Å². The number of para-hydroxylation sites is 1. The number of pyridine rings is 1. The molecule has 1 aromatic heterocycles. The van der Waals surface area contributed by atoms with E-state index in [1.807, 2.05) is 30.2 Å². The lowest BCUT2D eigenvalue weighted by Gasteiger charge is -2.43. The normalized spacial score (nSPS) is 16.2. The van der Waals surface area contributed by atoms with Crippen LogP contribution in [0, 0.1) is 0 Å². The molecule has 34 heavy (non-hydrogen) atoms. The van der Waals surface area contributed by atoms with Crippen molar-refractivity contribution >= 4 is 23.1 Å². The Morgan fingerprint density at radius 3 is 2.38 bits per heavy atom. The van der Waals surface area contributed by atoms with E-state index in [0.29, 0.717) is 6.04 Å². The number of hydrogen-bond acceptors (Lipinski definition) is 4. The van der Waals surface area contributed by atoms with E-state index in [1.54, 1.807) is 0 Å². The Labute approximate surface area is 206 Å². The van der Waals surface area contributed by atoms with Gasteiger partial charge in [-0.25, -0.2) is 0 Å². The van der Waals surface area contributed by atoms with Crippen LogP contribution in [-0.4, -0.2) is 35.6 Å². The fourth-order valence-corrected chi connectivity index (χ4v) is 6.34. The topological polar surface area (TPSA) is 19.4 Å². The summed E-state index contributed by atoms with van der Waals surface area (Å²) in [7, 11) is 0. The van der Waals surface area contributed by atoms with Crippen LogP contribution < -0.4 is 4.90 Å². The highest BCUT2D eigenvalue weighted by Crippen LogP contribution is 2.50. The van der Waals surface area contributed by atoms with Crippen LogP contribution in [0.5, 0.6) is 0 Å². The molecule has 3 heterocycles. The van der Waals surface area contributed by atoms with Crippen molar-refractivity contribution in [3.05, 3.63) is 103 Å². The maximum atomic E-state index is 4.32. The fourth-order valence-electron chi connectivity index (χ4n) is 5.23. The lowest BCUT2D eigenvalue weighted by atomic mass is 9.99. The number of nitrogens with zero attached hydrogens (tertiary/aromatic N) is 3. The molecule has 0 saturated carbocycles. The Kier molecular flexibility index (Phi) is 6.09. The van der Waals surface area contributed by atoms with Gasteiger partial charge >= 0.3 is 0 Å². The summed E-state index contributed by atoms with van der Waals surface area (Å²) in [6.07, 6.45) is 7.30. The van der Waals surface area contributed by atoms with Crippen LogP contribution in [0.25, 0.3) is 11.1 Å². The smallest absolute Gasteiger partial charge is 0.0555 e. The lowest BCUT2D eigenvalue weighted by molar-refractivity contribution is 0.214. The van der Waals surface area contributed by atoms with Crippen LogP contribution in [0.2, 0.25) is 0 Å². The summed E-state index contributed by atoms with van der Waals surface area (Å²) in [6, 6.07) is 31.4. The van der Waals surface area contributed by atoms with Crippen LogP contribution in [0.3, 0.4) is 0 Å². The first-order valence-corrected chi connectivity index (χ1v) is 13.0. The number of piperidine rings is 1. The van der Waals surface area contributed by atoms with Crippen molar-refractivity contribution in [1.29, 1.82) is 0 Å². The van der Waals surface area contributed by atoms with Crippen molar-refractivity contribution in [2.24, 2.45) is 0 Å². The van der Waals surface area contributed by atoms with Gasteiger partial charge in [0.05, 0.1) is 11.4 Å². The summed E-state index contributed by atoms with van der Waals surface area (Å²) >= 11 is 1.89. The van der Waals surface area contributed by atoms with E-state index >= 15 is 0 Å². The molecule has 0 atom stereocenters. The minimum absolute atomic E-state index is 0.526. The maximum absolute atomic E-state index is 4.32. The second-order valence-corrected chi connectivity index (χ2v) is 10.3. The van der Waals surface area contributed by atoms with Gasteiger partial charge in [0.25, 0.3) is 0 Å². The van der Waals surface area contributed by atoms with Crippen LogP contribution in [0.15, 0.2) is 107 Å². The zero-order chi connectivity index (χ0) is 22.7. The molecule has 3 aromatic carbocycles. The van der Waals surface area contributed by atoms with E-state index in [4.69, 9.17) is 0 Å². The summed E-state index contributed by atoms with van der Waals surface area (Å²) in [5.74, 6) is 0. The monoisotopic (exact) mass is 463 g/mol. The molecular weight excluding hydrogens is 434 g/mol. The van der Waals surface area contributed by atoms with Crippen LogP contribution in [0.4, 0.5) is 11.4 Å². The SMILES string of the molecule is c1ccc(CCN2CCC(N3c4ccccc4Sc4cc(-c5cccnc5)ccc43)CC2)cc1. The molecule has 0 radical (unpaired) electrons. The first-order chi connectivity index (χ1) is 16.8. The van der Waals surface area contributed by atoms with E-state index in [0.717, 1.165) is 26.1 Å². The Bertz CT molecular complexity index is 1250.